The van der Waals surface area contributed by atoms with Gasteiger partial charge >= 0.3 is 0 Å². The van der Waals surface area contributed by atoms with Crippen molar-refractivity contribution in [2.75, 3.05) is 26.2 Å². The molecular weight excluding hydrogens is 284 g/mol. The number of piperidine rings is 1. The number of rotatable bonds is 6. The molecule has 1 amide bonds. The van der Waals surface area contributed by atoms with Gasteiger partial charge in [-0.05, 0) is 68.6 Å². The Morgan fingerprint density at radius 2 is 1.78 bits per heavy atom. The van der Waals surface area contributed by atoms with Crippen LogP contribution in [0.1, 0.15) is 36.0 Å². The first-order chi connectivity index (χ1) is 11.3. The van der Waals surface area contributed by atoms with Crippen molar-refractivity contribution in [2.45, 2.75) is 25.7 Å². The zero-order valence-electron chi connectivity index (χ0n) is 13.6. The Balaban J connectivity index is 1.45. The molecule has 0 spiro atoms. The normalized spacial score (nSPS) is 15.7. The van der Waals surface area contributed by atoms with Crippen molar-refractivity contribution in [1.82, 2.24) is 10.2 Å². The van der Waals surface area contributed by atoms with E-state index >= 15 is 0 Å². The average Bonchev–Trinajstić information content (AvgIpc) is 2.61. The van der Waals surface area contributed by atoms with Crippen molar-refractivity contribution in [3.8, 4) is 0 Å². The Bertz CT molecular complexity index is 642. The van der Waals surface area contributed by atoms with Crippen LogP contribution in [-0.2, 0) is 0 Å². The van der Waals surface area contributed by atoms with Gasteiger partial charge in [-0.3, -0.25) is 4.79 Å². The van der Waals surface area contributed by atoms with Crippen LogP contribution in [0.2, 0.25) is 0 Å². The summed E-state index contributed by atoms with van der Waals surface area (Å²) in [6.07, 6.45) is 7.00. The van der Waals surface area contributed by atoms with Gasteiger partial charge in [0.05, 0.1) is 0 Å². The largest absolute Gasteiger partial charge is 0.352 e. The van der Waals surface area contributed by atoms with E-state index in [-0.39, 0.29) is 5.91 Å². The fraction of sp³-hybridized carbons (Fsp3) is 0.400. The molecule has 3 heteroatoms. The molecule has 0 unspecified atom stereocenters. The van der Waals surface area contributed by atoms with Gasteiger partial charge in [-0.1, -0.05) is 36.4 Å². The summed E-state index contributed by atoms with van der Waals surface area (Å²) < 4.78 is 0. The number of nitrogens with zero attached hydrogens (tertiary/aromatic N) is 1. The SMILES string of the molecule is O=C(NCCCCN1CC[CH]CC1)c1cccc2ccccc12. The van der Waals surface area contributed by atoms with Crippen LogP contribution in [0.25, 0.3) is 10.8 Å². The van der Waals surface area contributed by atoms with E-state index in [1.165, 1.54) is 25.9 Å². The quantitative estimate of drug-likeness (QED) is 0.826. The van der Waals surface area contributed by atoms with E-state index in [1.54, 1.807) is 0 Å². The number of hydrogen-bond acceptors (Lipinski definition) is 2. The predicted octanol–water partition coefficient (Wildman–Crippen LogP) is 3.65. The molecule has 1 aliphatic rings. The molecule has 0 atom stereocenters. The highest BCUT2D eigenvalue weighted by Gasteiger charge is 2.10. The number of nitrogens with one attached hydrogen (secondary N) is 1. The molecule has 1 radical (unpaired) electrons. The Kier molecular flexibility index (Phi) is 5.65. The van der Waals surface area contributed by atoms with E-state index in [1.807, 2.05) is 42.5 Å². The molecule has 1 N–H and O–H groups in total. The van der Waals surface area contributed by atoms with E-state index in [4.69, 9.17) is 0 Å². The zero-order chi connectivity index (χ0) is 15.9. The van der Waals surface area contributed by atoms with Crippen LogP contribution in [0.3, 0.4) is 0 Å². The van der Waals surface area contributed by atoms with Crippen molar-refractivity contribution in [3.05, 3.63) is 54.4 Å². The second kappa shape index (κ2) is 8.11. The predicted molar refractivity (Wildman–Crippen MR) is 95.5 cm³/mol. The molecule has 1 aliphatic heterocycles. The van der Waals surface area contributed by atoms with Gasteiger partial charge in [-0.15, -0.1) is 0 Å². The maximum Gasteiger partial charge on any atom is 0.251 e. The van der Waals surface area contributed by atoms with E-state index < -0.39 is 0 Å². The lowest BCUT2D eigenvalue weighted by Gasteiger charge is -2.26. The molecule has 23 heavy (non-hydrogen) atoms. The van der Waals surface area contributed by atoms with E-state index in [2.05, 4.69) is 16.6 Å². The summed E-state index contributed by atoms with van der Waals surface area (Å²) in [5.74, 6) is 0.0365. The van der Waals surface area contributed by atoms with Crippen molar-refractivity contribution in [2.24, 2.45) is 0 Å². The molecule has 1 heterocycles. The minimum Gasteiger partial charge on any atom is -0.352 e. The van der Waals surface area contributed by atoms with Gasteiger partial charge in [-0.2, -0.15) is 0 Å². The summed E-state index contributed by atoms with van der Waals surface area (Å²) in [6.45, 7) is 4.30. The fourth-order valence-electron chi connectivity index (χ4n) is 3.21. The summed E-state index contributed by atoms with van der Waals surface area (Å²) in [6, 6.07) is 13.9. The molecule has 0 aromatic heterocycles. The number of likely N-dealkylation sites (tertiary alicyclic amines) is 1. The monoisotopic (exact) mass is 309 g/mol. The summed E-state index contributed by atoms with van der Waals surface area (Å²) in [7, 11) is 0. The summed E-state index contributed by atoms with van der Waals surface area (Å²) in [5, 5.41) is 5.20. The standard InChI is InChI=1S/C20H25N2O/c23-20(19-12-8-10-17-9-2-3-11-18(17)19)21-13-4-7-16-22-14-5-1-6-15-22/h1-3,8-12H,4-7,13-16H2,(H,21,23). The third kappa shape index (κ3) is 4.32. The minimum absolute atomic E-state index is 0.0365. The van der Waals surface area contributed by atoms with Gasteiger partial charge in [0.25, 0.3) is 5.91 Å². The lowest BCUT2D eigenvalue weighted by molar-refractivity contribution is 0.0954. The number of carbonyl (C=O) groups excluding carboxylic acids is 1. The van der Waals surface area contributed by atoms with Crippen LogP contribution >= 0.6 is 0 Å². The van der Waals surface area contributed by atoms with Crippen LogP contribution in [0.15, 0.2) is 42.5 Å². The van der Waals surface area contributed by atoms with Gasteiger partial charge in [0, 0.05) is 12.1 Å². The van der Waals surface area contributed by atoms with E-state index in [0.717, 1.165) is 42.3 Å². The van der Waals surface area contributed by atoms with Gasteiger partial charge in [0.1, 0.15) is 0 Å². The van der Waals surface area contributed by atoms with Crippen LogP contribution in [0.4, 0.5) is 0 Å². The summed E-state index contributed by atoms with van der Waals surface area (Å²) in [4.78, 5) is 14.9. The highest BCUT2D eigenvalue weighted by atomic mass is 16.1. The molecule has 2 aromatic carbocycles. The maximum absolute atomic E-state index is 12.4. The topological polar surface area (TPSA) is 32.3 Å². The maximum atomic E-state index is 12.4. The van der Waals surface area contributed by atoms with Crippen molar-refractivity contribution < 1.29 is 4.79 Å². The number of fused-ring (bicyclic) bond motifs is 1. The molecular formula is C20H25N2O. The van der Waals surface area contributed by atoms with Crippen molar-refractivity contribution >= 4 is 16.7 Å². The number of hydrogen-bond donors (Lipinski definition) is 1. The van der Waals surface area contributed by atoms with Gasteiger partial charge in [-0.25, -0.2) is 0 Å². The molecule has 0 saturated carbocycles. The van der Waals surface area contributed by atoms with Crippen LogP contribution in [0.5, 0.6) is 0 Å². The number of unbranched alkanes of at least 4 members (excludes halogenated alkanes) is 1. The van der Waals surface area contributed by atoms with Gasteiger partial charge in [0.2, 0.25) is 0 Å². The second-order valence-electron chi connectivity index (χ2n) is 6.20. The smallest absolute Gasteiger partial charge is 0.251 e. The number of carbonyl (C=O) groups is 1. The molecule has 121 valence electrons. The fourth-order valence-corrected chi connectivity index (χ4v) is 3.21. The molecule has 3 rings (SSSR count). The average molecular weight is 309 g/mol. The van der Waals surface area contributed by atoms with Crippen LogP contribution in [0, 0.1) is 6.42 Å². The Labute approximate surface area is 138 Å². The van der Waals surface area contributed by atoms with Gasteiger partial charge < -0.3 is 10.2 Å². The van der Waals surface area contributed by atoms with Crippen LogP contribution < -0.4 is 5.32 Å². The molecule has 3 nitrogen and oxygen atoms in total. The second-order valence-corrected chi connectivity index (χ2v) is 6.20. The Morgan fingerprint density at radius 3 is 2.65 bits per heavy atom. The molecule has 0 aliphatic carbocycles. The lowest BCUT2D eigenvalue weighted by Crippen LogP contribution is -2.31. The molecule has 1 fully saturated rings. The highest BCUT2D eigenvalue weighted by Crippen LogP contribution is 2.18. The molecule has 2 aromatic rings. The third-order valence-electron chi connectivity index (χ3n) is 4.52. The van der Waals surface area contributed by atoms with Crippen molar-refractivity contribution in [3.63, 3.8) is 0 Å². The first-order valence-corrected chi connectivity index (χ1v) is 8.64. The highest BCUT2D eigenvalue weighted by molar-refractivity contribution is 6.06. The summed E-state index contributed by atoms with van der Waals surface area (Å²) >= 11 is 0. The molecule has 0 bridgehead atoms. The minimum atomic E-state index is 0.0365. The lowest BCUT2D eigenvalue weighted by atomic mass is 10.0. The van der Waals surface area contributed by atoms with E-state index in [0.29, 0.717) is 0 Å². The first-order valence-electron chi connectivity index (χ1n) is 8.64. The Morgan fingerprint density at radius 1 is 1.00 bits per heavy atom. The van der Waals surface area contributed by atoms with E-state index in [9.17, 15) is 4.79 Å². The van der Waals surface area contributed by atoms with Gasteiger partial charge in [0.15, 0.2) is 0 Å². The van der Waals surface area contributed by atoms with Crippen LogP contribution in [-0.4, -0.2) is 37.0 Å². The third-order valence-corrected chi connectivity index (χ3v) is 4.52. The van der Waals surface area contributed by atoms with Crippen molar-refractivity contribution in [1.29, 1.82) is 0 Å². The molecule has 1 saturated heterocycles. The number of benzene rings is 2. The zero-order valence-corrected chi connectivity index (χ0v) is 13.6. The first kappa shape index (κ1) is 16.0. The Hall–Kier alpha value is -1.87. The number of amides is 1. The summed E-state index contributed by atoms with van der Waals surface area (Å²) in [5.41, 5.74) is 0.773.